The Labute approximate surface area is 335 Å². The zero-order chi connectivity index (χ0) is 40.7. The minimum Gasteiger partial charge on any atom is -0.485 e. The summed E-state index contributed by atoms with van der Waals surface area (Å²) in [4.78, 5) is 59.8. The highest BCUT2D eigenvalue weighted by molar-refractivity contribution is 6.33. The number of anilines is 2. The maximum Gasteiger partial charge on any atom is 0.416 e. The normalized spacial score (nSPS) is 18.1. The Morgan fingerprint density at radius 1 is 1.07 bits per heavy atom. The Bertz CT molecular complexity index is 2490. The van der Waals surface area contributed by atoms with Gasteiger partial charge in [-0.2, -0.15) is 22.7 Å². The Morgan fingerprint density at radius 2 is 1.86 bits per heavy atom. The van der Waals surface area contributed by atoms with E-state index >= 15 is 0 Å². The van der Waals surface area contributed by atoms with E-state index in [-0.39, 0.29) is 59.9 Å². The largest absolute Gasteiger partial charge is 0.485 e. The molecule has 18 heteroatoms. The molecular formula is C40H39ClF3N9O5. The molecule has 1 saturated heterocycles. The van der Waals surface area contributed by atoms with E-state index in [0.717, 1.165) is 29.3 Å². The first-order chi connectivity index (χ1) is 27.9. The van der Waals surface area contributed by atoms with Gasteiger partial charge in [0.2, 0.25) is 11.7 Å². The number of fused-ring (bicyclic) bond motifs is 2. The van der Waals surface area contributed by atoms with Crippen LogP contribution in [0.25, 0.3) is 11.4 Å². The SMILES string of the molecule is CCc1c(N2CCN(C(=O)c3ncnc(C)c3OCc3ccccc3)[C@@H]3CC[C@H]32)c(=O)n2nc(C3=CCOCC3)nc2n1CC(=O)Nc1ccc(C(F)(F)F)cc1Cl. The van der Waals surface area contributed by atoms with Crippen LogP contribution in [-0.2, 0) is 35.3 Å². The highest BCUT2D eigenvalue weighted by Crippen LogP contribution is 2.39. The first-order valence-corrected chi connectivity index (χ1v) is 19.3. The third-order valence-electron chi connectivity index (χ3n) is 10.8. The number of alkyl halides is 3. The van der Waals surface area contributed by atoms with Crippen molar-refractivity contribution < 1.29 is 32.2 Å². The Hall–Kier alpha value is -5.81. The molecule has 3 aromatic heterocycles. The summed E-state index contributed by atoms with van der Waals surface area (Å²) in [5.41, 5.74) is 1.89. The molecule has 0 spiro atoms. The predicted molar refractivity (Wildman–Crippen MR) is 208 cm³/mol. The quantitative estimate of drug-likeness (QED) is 0.185. The average Bonchev–Trinajstić information content (AvgIpc) is 3.66. The monoisotopic (exact) mass is 817 g/mol. The van der Waals surface area contributed by atoms with Crippen LogP contribution in [0.1, 0.15) is 65.0 Å². The minimum atomic E-state index is -4.61. The van der Waals surface area contributed by atoms with Gasteiger partial charge in [-0.1, -0.05) is 54.9 Å². The lowest BCUT2D eigenvalue weighted by Crippen LogP contribution is -2.67. The number of carbonyl (C=O) groups is 2. The van der Waals surface area contributed by atoms with E-state index < -0.39 is 23.2 Å². The molecule has 14 nitrogen and oxygen atoms in total. The molecule has 0 radical (unpaired) electrons. The van der Waals surface area contributed by atoms with E-state index in [9.17, 15) is 27.6 Å². The summed E-state index contributed by atoms with van der Waals surface area (Å²) < 4.78 is 54.4. The van der Waals surface area contributed by atoms with Crippen LogP contribution in [0.5, 0.6) is 5.75 Å². The van der Waals surface area contributed by atoms with Gasteiger partial charge >= 0.3 is 6.18 Å². The number of aryl methyl sites for hydroxylation is 1. The third-order valence-corrected chi connectivity index (χ3v) is 11.1. The predicted octanol–water partition coefficient (Wildman–Crippen LogP) is 5.74. The van der Waals surface area contributed by atoms with E-state index in [0.29, 0.717) is 74.1 Å². The van der Waals surface area contributed by atoms with Crippen molar-refractivity contribution in [1.29, 1.82) is 0 Å². The first kappa shape index (κ1) is 39.0. The molecule has 0 bridgehead atoms. The second-order valence-corrected chi connectivity index (χ2v) is 14.7. The Balaban J connectivity index is 1.12. The van der Waals surface area contributed by atoms with Crippen molar-refractivity contribution in [1.82, 2.24) is 34.0 Å². The molecule has 1 saturated carbocycles. The summed E-state index contributed by atoms with van der Waals surface area (Å²) in [5.74, 6) is -0.140. The van der Waals surface area contributed by atoms with Gasteiger partial charge in [-0.25, -0.2) is 9.97 Å². The number of hydrogen-bond acceptors (Lipinski definition) is 10. The third kappa shape index (κ3) is 7.39. The van der Waals surface area contributed by atoms with Crippen LogP contribution in [0, 0.1) is 6.92 Å². The number of amides is 2. The van der Waals surface area contributed by atoms with Crippen molar-refractivity contribution in [3.63, 3.8) is 0 Å². The molecule has 5 heterocycles. The fraction of sp³-hybridized carbons (Fsp3) is 0.375. The summed E-state index contributed by atoms with van der Waals surface area (Å²) >= 11 is 6.19. The molecule has 0 unspecified atom stereocenters. The van der Waals surface area contributed by atoms with E-state index in [1.807, 2.05) is 48.2 Å². The van der Waals surface area contributed by atoms with Crippen molar-refractivity contribution in [3.05, 3.63) is 110 Å². The number of ether oxygens (including phenoxy) is 2. The number of nitrogens with zero attached hydrogens (tertiary/aromatic N) is 8. The van der Waals surface area contributed by atoms with Gasteiger partial charge in [-0.15, -0.1) is 5.10 Å². The van der Waals surface area contributed by atoms with Crippen LogP contribution < -0.4 is 20.5 Å². The zero-order valence-corrected chi connectivity index (χ0v) is 32.4. The maximum atomic E-state index is 14.6. The molecule has 2 aliphatic heterocycles. The van der Waals surface area contributed by atoms with Crippen molar-refractivity contribution in [2.45, 2.75) is 70.9 Å². The summed E-state index contributed by atoms with van der Waals surface area (Å²) in [7, 11) is 0. The topological polar surface area (TPSA) is 149 Å². The second kappa shape index (κ2) is 15.9. The summed E-state index contributed by atoms with van der Waals surface area (Å²) in [5, 5.41) is 6.98. The number of rotatable bonds is 10. The number of nitrogens with one attached hydrogen (secondary N) is 1. The van der Waals surface area contributed by atoms with E-state index in [4.69, 9.17) is 26.1 Å². The van der Waals surface area contributed by atoms with Crippen molar-refractivity contribution in [2.75, 3.05) is 36.5 Å². The van der Waals surface area contributed by atoms with E-state index in [2.05, 4.69) is 20.4 Å². The standard InChI is InChI=1S/C40H39ClF3N9O5/c1-3-29-34(50-15-16-51(31-12-11-30(31)50)37(55)33-35(23(2)45-22-46-33)58-21-24-7-5-4-6-8-24)38(56)53-39(48-36(49-53)25-13-17-57-18-14-25)52(29)20-32(54)47-28-10-9-26(19-27(28)41)40(42,43)44/h4-10,13,19,22,30-31H,3,11-12,14-18,20-21H2,1-2H3,(H,47,54)/t30-,31-/m1/s1. The molecule has 8 rings (SSSR count). The lowest BCUT2D eigenvalue weighted by molar-refractivity contribution is -0.137. The van der Waals surface area contributed by atoms with E-state index in [1.54, 1.807) is 16.4 Å². The number of piperazine rings is 1. The number of carbonyl (C=O) groups excluding carboxylic acids is 2. The van der Waals surface area contributed by atoms with Crippen LogP contribution in [0.2, 0.25) is 5.02 Å². The molecule has 2 atom stereocenters. The summed E-state index contributed by atoms with van der Waals surface area (Å²) in [6.07, 6.45) is 0.802. The van der Waals surface area contributed by atoms with Gasteiger partial charge in [0.25, 0.3) is 11.5 Å². The first-order valence-electron chi connectivity index (χ1n) is 18.9. The molecule has 3 aliphatic rings. The summed E-state index contributed by atoms with van der Waals surface area (Å²) in [6.45, 7) is 4.87. The van der Waals surface area contributed by atoms with Crippen LogP contribution in [0.15, 0.2) is 65.7 Å². The van der Waals surface area contributed by atoms with Gasteiger partial charge in [-0.05, 0) is 61.9 Å². The van der Waals surface area contributed by atoms with Crippen molar-refractivity contribution in [3.8, 4) is 5.75 Å². The minimum absolute atomic E-state index is 0.00451. The van der Waals surface area contributed by atoms with Crippen molar-refractivity contribution >= 4 is 46.1 Å². The van der Waals surface area contributed by atoms with Gasteiger partial charge in [-0.3, -0.25) is 14.4 Å². The zero-order valence-electron chi connectivity index (χ0n) is 31.6. The van der Waals surface area contributed by atoms with Gasteiger partial charge in [0.05, 0.1) is 46.9 Å². The van der Waals surface area contributed by atoms with Crippen molar-refractivity contribution in [2.24, 2.45) is 0 Å². The fourth-order valence-corrected chi connectivity index (χ4v) is 8.04. The Kier molecular flexibility index (Phi) is 10.7. The van der Waals surface area contributed by atoms with E-state index in [1.165, 1.54) is 10.8 Å². The molecule has 2 fully saturated rings. The average molecular weight is 818 g/mol. The fourth-order valence-electron chi connectivity index (χ4n) is 7.81. The number of benzene rings is 2. The highest BCUT2D eigenvalue weighted by atomic mass is 35.5. The molecule has 302 valence electrons. The number of aromatic nitrogens is 6. The molecular weight excluding hydrogens is 779 g/mol. The molecule has 58 heavy (non-hydrogen) atoms. The lowest BCUT2D eigenvalue weighted by atomic mass is 9.81. The number of hydrogen-bond donors (Lipinski definition) is 1. The molecule has 1 N–H and O–H groups in total. The molecule has 2 aromatic carbocycles. The molecule has 5 aromatic rings. The smallest absolute Gasteiger partial charge is 0.416 e. The number of halogens is 4. The van der Waals surface area contributed by atoms with Gasteiger partial charge < -0.3 is 29.2 Å². The van der Waals surface area contributed by atoms with Gasteiger partial charge in [0, 0.05) is 19.1 Å². The van der Waals surface area contributed by atoms with Crippen LogP contribution in [0.4, 0.5) is 24.5 Å². The molecule has 1 aliphatic carbocycles. The second-order valence-electron chi connectivity index (χ2n) is 14.3. The lowest BCUT2D eigenvalue weighted by Gasteiger charge is -2.54. The Morgan fingerprint density at radius 3 is 2.55 bits per heavy atom. The highest BCUT2D eigenvalue weighted by Gasteiger charge is 2.47. The summed E-state index contributed by atoms with van der Waals surface area (Å²) in [6, 6.07) is 11.8. The van der Waals surface area contributed by atoms with Gasteiger partial charge in [0.1, 0.15) is 25.2 Å². The van der Waals surface area contributed by atoms with Crippen LogP contribution >= 0.6 is 11.6 Å². The van der Waals surface area contributed by atoms with Crippen LogP contribution in [0.3, 0.4) is 0 Å². The maximum absolute atomic E-state index is 14.6. The molecule has 2 amide bonds. The van der Waals surface area contributed by atoms with Gasteiger partial charge in [0.15, 0.2) is 17.3 Å². The van der Waals surface area contributed by atoms with Crippen LogP contribution in [-0.4, -0.2) is 84.2 Å².